The number of amides is 1. The molecule has 1 amide bonds. The summed E-state index contributed by atoms with van der Waals surface area (Å²) in [5.41, 5.74) is 0.378. The Bertz CT molecular complexity index is 657. The topological polar surface area (TPSA) is 66.8 Å². The average Bonchev–Trinajstić information content (AvgIpc) is 2.66. The van der Waals surface area contributed by atoms with Crippen molar-refractivity contribution in [3.05, 3.63) is 34.9 Å². The number of rotatable bonds is 5. The van der Waals surface area contributed by atoms with Gasteiger partial charge in [0.1, 0.15) is 0 Å². The molecule has 1 aromatic rings. The van der Waals surface area contributed by atoms with Gasteiger partial charge in [0.15, 0.2) is 0 Å². The molecule has 1 N–H and O–H groups in total. The molecule has 0 saturated carbocycles. The molecule has 142 valence electrons. The molecule has 5 nitrogen and oxygen atoms in total. The summed E-state index contributed by atoms with van der Waals surface area (Å²) in [5, 5.41) is 9.57. The Labute approximate surface area is 159 Å². The Hall–Kier alpha value is -1.59. The summed E-state index contributed by atoms with van der Waals surface area (Å²) in [6.07, 6.45) is 4.03. The van der Waals surface area contributed by atoms with E-state index < -0.39 is 11.4 Å². The minimum absolute atomic E-state index is 0.142. The summed E-state index contributed by atoms with van der Waals surface area (Å²) in [7, 11) is 0. The highest BCUT2D eigenvalue weighted by atomic mass is 35.5. The minimum Gasteiger partial charge on any atom is -0.481 e. The second-order valence-electron chi connectivity index (χ2n) is 7.40. The van der Waals surface area contributed by atoms with E-state index >= 15 is 0 Å². The number of ether oxygens (including phenoxy) is 1. The van der Waals surface area contributed by atoms with Crippen LogP contribution in [0.15, 0.2) is 24.3 Å². The predicted octanol–water partition coefficient (Wildman–Crippen LogP) is 3.49. The third-order valence-electron chi connectivity index (χ3n) is 5.71. The van der Waals surface area contributed by atoms with Gasteiger partial charge in [-0.2, -0.15) is 0 Å². The SMILES string of the molecule is O=C(O)CC[C@@H]1CCCN(C(=O)C2(c3cccc(Cl)c3)CCOCC2)C1. The lowest BCUT2D eigenvalue weighted by molar-refractivity contribution is -0.143. The Balaban J connectivity index is 1.80. The van der Waals surface area contributed by atoms with Crippen molar-refractivity contribution in [1.29, 1.82) is 0 Å². The van der Waals surface area contributed by atoms with Crippen molar-refractivity contribution >= 4 is 23.5 Å². The van der Waals surface area contributed by atoms with Crippen LogP contribution in [0.1, 0.15) is 44.1 Å². The monoisotopic (exact) mass is 379 g/mol. The number of halogens is 1. The number of carbonyl (C=O) groups excluding carboxylic acids is 1. The molecule has 1 aromatic carbocycles. The van der Waals surface area contributed by atoms with Gasteiger partial charge in [-0.1, -0.05) is 23.7 Å². The first kappa shape index (κ1) is 19.2. The predicted molar refractivity (Wildman–Crippen MR) is 99.4 cm³/mol. The van der Waals surface area contributed by atoms with Gasteiger partial charge < -0.3 is 14.7 Å². The van der Waals surface area contributed by atoms with Crippen LogP contribution in [0.5, 0.6) is 0 Å². The van der Waals surface area contributed by atoms with Crippen LogP contribution in [0, 0.1) is 5.92 Å². The number of carbonyl (C=O) groups is 2. The molecule has 0 radical (unpaired) electrons. The Morgan fingerprint density at radius 1 is 1.31 bits per heavy atom. The fourth-order valence-electron chi connectivity index (χ4n) is 4.25. The van der Waals surface area contributed by atoms with Gasteiger partial charge in [-0.25, -0.2) is 0 Å². The summed E-state index contributed by atoms with van der Waals surface area (Å²) in [6, 6.07) is 7.61. The summed E-state index contributed by atoms with van der Waals surface area (Å²) in [6.45, 7) is 2.52. The highest BCUT2D eigenvalue weighted by Crippen LogP contribution is 2.39. The van der Waals surface area contributed by atoms with E-state index in [0.717, 1.165) is 24.9 Å². The van der Waals surface area contributed by atoms with E-state index in [1.54, 1.807) is 0 Å². The summed E-state index contributed by atoms with van der Waals surface area (Å²) >= 11 is 6.20. The molecule has 0 spiro atoms. The molecule has 2 saturated heterocycles. The minimum atomic E-state index is -0.770. The van der Waals surface area contributed by atoms with Crippen molar-refractivity contribution in [2.24, 2.45) is 5.92 Å². The van der Waals surface area contributed by atoms with Crippen LogP contribution in [0.3, 0.4) is 0 Å². The smallest absolute Gasteiger partial charge is 0.303 e. The molecule has 26 heavy (non-hydrogen) atoms. The van der Waals surface area contributed by atoms with Crippen LogP contribution >= 0.6 is 11.6 Å². The van der Waals surface area contributed by atoms with Gasteiger partial charge in [-0.3, -0.25) is 9.59 Å². The number of aliphatic carboxylic acids is 1. The molecule has 0 aliphatic carbocycles. The van der Waals surface area contributed by atoms with E-state index in [9.17, 15) is 9.59 Å². The molecule has 6 heteroatoms. The zero-order valence-corrected chi connectivity index (χ0v) is 15.7. The second kappa shape index (κ2) is 8.40. The highest BCUT2D eigenvalue weighted by Gasteiger charge is 2.44. The normalized spacial score (nSPS) is 22.8. The Morgan fingerprint density at radius 2 is 2.08 bits per heavy atom. The second-order valence-corrected chi connectivity index (χ2v) is 7.83. The zero-order valence-electron chi connectivity index (χ0n) is 15.0. The van der Waals surface area contributed by atoms with E-state index in [1.165, 1.54) is 0 Å². The Morgan fingerprint density at radius 3 is 2.77 bits per heavy atom. The summed E-state index contributed by atoms with van der Waals surface area (Å²) < 4.78 is 5.53. The van der Waals surface area contributed by atoms with Crippen LogP contribution in [0.25, 0.3) is 0 Å². The van der Waals surface area contributed by atoms with Gasteiger partial charge in [-0.15, -0.1) is 0 Å². The largest absolute Gasteiger partial charge is 0.481 e. The number of nitrogens with zero attached hydrogens (tertiary/aromatic N) is 1. The lowest BCUT2D eigenvalue weighted by Gasteiger charge is -2.43. The number of carboxylic acids is 1. The van der Waals surface area contributed by atoms with Crippen LogP contribution in [0.2, 0.25) is 5.02 Å². The van der Waals surface area contributed by atoms with Crippen LogP contribution in [-0.2, 0) is 19.7 Å². The molecule has 3 rings (SSSR count). The molecule has 2 aliphatic heterocycles. The van der Waals surface area contributed by atoms with Crippen LogP contribution in [0.4, 0.5) is 0 Å². The van der Waals surface area contributed by atoms with Gasteiger partial charge in [0, 0.05) is 37.7 Å². The number of carboxylic acid groups (broad SMARTS) is 1. The standard InChI is InChI=1S/C20H26ClNO4/c21-17-5-1-4-16(13-17)20(8-11-26-12-9-20)19(25)22-10-2-3-15(14-22)6-7-18(23)24/h1,4-5,13,15H,2-3,6-12,14H2,(H,23,24)/t15-/m0/s1. The number of piperidine rings is 1. The van der Waals surface area contributed by atoms with Gasteiger partial charge in [0.05, 0.1) is 5.41 Å². The quantitative estimate of drug-likeness (QED) is 0.850. The van der Waals surface area contributed by atoms with Crippen molar-refractivity contribution in [3.63, 3.8) is 0 Å². The fourth-order valence-corrected chi connectivity index (χ4v) is 4.44. The molecule has 2 fully saturated rings. The van der Waals surface area contributed by atoms with E-state index in [1.807, 2.05) is 29.2 Å². The van der Waals surface area contributed by atoms with Gasteiger partial charge in [-0.05, 0) is 55.7 Å². The van der Waals surface area contributed by atoms with Crippen molar-refractivity contribution in [1.82, 2.24) is 4.90 Å². The van der Waals surface area contributed by atoms with Crippen molar-refractivity contribution in [2.45, 2.75) is 43.9 Å². The summed E-state index contributed by atoms with van der Waals surface area (Å²) in [4.78, 5) is 26.4. The molecule has 2 heterocycles. The first-order valence-corrected chi connectivity index (χ1v) is 9.74. The molecule has 0 bridgehead atoms. The number of benzene rings is 1. The maximum absolute atomic E-state index is 13.6. The van der Waals surface area contributed by atoms with E-state index in [2.05, 4.69) is 0 Å². The van der Waals surface area contributed by atoms with Gasteiger partial charge in [0.2, 0.25) is 5.91 Å². The molecular formula is C20H26ClNO4. The zero-order chi connectivity index (χ0) is 18.6. The first-order valence-electron chi connectivity index (χ1n) is 9.36. The Kier molecular flexibility index (Phi) is 6.20. The van der Waals surface area contributed by atoms with E-state index in [-0.39, 0.29) is 18.2 Å². The van der Waals surface area contributed by atoms with Crippen LogP contribution < -0.4 is 0 Å². The van der Waals surface area contributed by atoms with Gasteiger partial charge >= 0.3 is 5.97 Å². The van der Waals surface area contributed by atoms with Crippen molar-refractivity contribution < 1.29 is 19.4 Å². The average molecular weight is 380 g/mol. The maximum Gasteiger partial charge on any atom is 0.303 e. The number of hydrogen-bond donors (Lipinski definition) is 1. The van der Waals surface area contributed by atoms with Crippen LogP contribution in [-0.4, -0.2) is 48.2 Å². The van der Waals surface area contributed by atoms with Crippen molar-refractivity contribution in [3.8, 4) is 0 Å². The lowest BCUT2D eigenvalue weighted by Crippen LogP contribution is -2.52. The summed E-state index contributed by atoms with van der Waals surface area (Å²) in [5.74, 6) is -0.364. The highest BCUT2D eigenvalue weighted by molar-refractivity contribution is 6.30. The number of likely N-dealkylation sites (tertiary alicyclic amines) is 1. The molecule has 2 aliphatic rings. The molecule has 1 atom stereocenters. The maximum atomic E-state index is 13.6. The molecular weight excluding hydrogens is 354 g/mol. The fraction of sp³-hybridized carbons (Fsp3) is 0.600. The number of hydrogen-bond acceptors (Lipinski definition) is 3. The van der Waals surface area contributed by atoms with Crippen molar-refractivity contribution in [2.75, 3.05) is 26.3 Å². The third kappa shape index (κ3) is 4.21. The molecule has 0 aromatic heterocycles. The van der Waals surface area contributed by atoms with Gasteiger partial charge in [0.25, 0.3) is 0 Å². The lowest BCUT2D eigenvalue weighted by atomic mass is 9.72. The first-order chi connectivity index (χ1) is 12.5. The van der Waals surface area contributed by atoms with E-state index in [0.29, 0.717) is 44.0 Å². The third-order valence-corrected chi connectivity index (χ3v) is 5.94. The molecule has 0 unspecified atom stereocenters. The van der Waals surface area contributed by atoms with E-state index in [4.69, 9.17) is 21.4 Å².